The molecule has 24 heavy (non-hydrogen) atoms. The Morgan fingerprint density at radius 3 is 2.58 bits per heavy atom. The van der Waals surface area contributed by atoms with E-state index in [0.29, 0.717) is 6.42 Å². The number of benzene rings is 1. The Labute approximate surface area is 145 Å². The Balaban J connectivity index is 3.08. The Morgan fingerprint density at radius 1 is 1.29 bits per heavy atom. The fraction of sp³-hybridized carbons (Fsp3) is 0.353. The molecule has 7 heteroatoms. The molecular weight excluding hydrogens is 334 g/mol. The zero-order chi connectivity index (χ0) is 18.1. The standard InChI is InChI=1S/C17H20ClNO5/c1-4-9-24-17(22)13(11(3)20)10-19-14-8-6-7-12(15(14)18)16(21)23-5-2/h6-8,10,20H,4-5,9H2,1-3H3. The van der Waals surface area contributed by atoms with Crippen LogP contribution in [0.1, 0.15) is 37.6 Å². The fourth-order valence-corrected chi connectivity index (χ4v) is 1.94. The van der Waals surface area contributed by atoms with Gasteiger partial charge in [-0.15, -0.1) is 0 Å². The van der Waals surface area contributed by atoms with E-state index in [1.165, 1.54) is 13.0 Å². The van der Waals surface area contributed by atoms with Crippen LogP contribution in [0.2, 0.25) is 5.02 Å². The van der Waals surface area contributed by atoms with Gasteiger partial charge in [0.15, 0.2) is 0 Å². The molecule has 1 aromatic rings. The zero-order valence-corrected chi connectivity index (χ0v) is 14.6. The molecule has 0 aliphatic rings. The van der Waals surface area contributed by atoms with Crippen LogP contribution in [0.15, 0.2) is 34.5 Å². The summed E-state index contributed by atoms with van der Waals surface area (Å²) in [4.78, 5) is 27.8. The smallest absolute Gasteiger partial charge is 0.343 e. The van der Waals surface area contributed by atoms with E-state index in [1.807, 2.05) is 6.92 Å². The number of halogens is 1. The van der Waals surface area contributed by atoms with Gasteiger partial charge in [-0.2, -0.15) is 0 Å². The Morgan fingerprint density at radius 2 is 2.00 bits per heavy atom. The SMILES string of the molecule is CCCOC(=O)C(C=Nc1cccc(C(=O)OCC)c1Cl)=C(C)O. The highest BCUT2D eigenvalue weighted by Gasteiger charge is 2.15. The number of allylic oxidation sites excluding steroid dienone is 1. The maximum Gasteiger partial charge on any atom is 0.343 e. The molecule has 130 valence electrons. The summed E-state index contributed by atoms with van der Waals surface area (Å²) in [5.41, 5.74) is 0.360. The first-order valence-corrected chi connectivity index (χ1v) is 7.86. The lowest BCUT2D eigenvalue weighted by molar-refractivity contribution is -0.138. The summed E-state index contributed by atoms with van der Waals surface area (Å²) in [7, 11) is 0. The van der Waals surface area contributed by atoms with Gasteiger partial charge < -0.3 is 14.6 Å². The van der Waals surface area contributed by atoms with Crippen LogP contribution in [-0.2, 0) is 14.3 Å². The topological polar surface area (TPSA) is 85.2 Å². The van der Waals surface area contributed by atoms with Gasteiger partial charge in [0.25, 0.3) is 0 Å². The molecule has 0 amide bonds. The molecule has 0 aromatic heterocycles. The third kappa shape index (κ3) is 5.38. The summed E-state index contributed by atoms with van der Waals surface area (Å²) >= 11 is 6.16. The van der Waals surface area contributed by atoms with Crippen molar-refractivity contribution in [3.63, 3.8) is 0 Å². The fourth-order valence-electron chi connectivity index (χ4n) is 1.69. The van der Waals surface area contributed by atoms with Gasteiger partial charge >= 0.3 is 11.9 Å². The average Bonchev–Trinajstić information content (AvgIpc) is 2.54. The zero-order valence-electron chi connectivity index (χ0n) is 13.8. The summed E-state index contributed by atoms with van der Waals surface area (Å²) in [5.74, 6) is -1.47. The van der Waals surface area contributed by atoms with Crippen LogP contribution in [0.25, 0.3) is 0 Å². The lowest BCUT2D eigenvalue weighted by atomic mass is 10.2. The molecule has 1 rings (SSSR count). The molecule has 0 heterocycles. The van der Waals surface area contributed by atoms with E-state index in [1.54, 1.807) is 19.1 Å². The van der Waals surface area contributed by atoms with E-state index in [9.17, 15) is 14.7 Å². The van der Waals surface area contributed by atoms with Crippen LogP contribution in [0, 0.1) is 0 Å². The number of hydrogen-bond acceptors (Lipinski definition) is 6. The Kier molecular flexibility index (Phi) is 7.98. The monoisotopic (exact) mass is 353 g/mol. The third-order valence-corrected chi connectivity index (χ3v) is 3.25. The van der Waals surface area contributed by atoms with Crippen molar-refractivity contribution < 1.29 is 24.2 Å². The summed E-state index contributed by atoms with van der Waals surface area (Å²) in [6, 6.07) is 4.68. The lowest BCUT2D eigenvalue weighted by Gasteiger charge is -2.07. The number of carbonyl (C=O) groups excluding carboxylic acids is 2. The third-order valence-electron chi connectivity index (χ3n) is 2.85. The lowest BCUT2D eigenvalue weighted by Crippen LogP contribution is -2.11. The molecule has 0 bridgehead atoms. The van der Waals surface area contributed by atoms with Crippen molar-refractivity contribution >= 4 is 35.4 Å². The van der Waals surface area contributed by atoms with Gasteiger partial charge in [-0.1, -0.05) is 24.6 Å². The number of hydrogen-bond donors (Lipinski definition) is 1. The summed E-state index contributed by atoms with van der Waals surface area (Å²) < 4.78 is 9.88. The predicted molar refractivity (Wildman–Crippen MR) is 92.1 cm³/mol. The number of carbonyl (C=O) groups is 2. The van der Waals surface area contributed by atoms with Crippen LogP contribution in [0.4, 0.5) is 5.69 Å². The molecule has 1 N–H and O–H groups in total. The highest BCUT2D eigenvalue weighted by Crippen LogP contribution is 2.29. The van der Waals surface area contributed by atoms with Crippen molar-refractivity contribution in [3.05, 3.63) is 40.1 Å². The van der Waals surface area contributed by atoms with E-state index in [2.05, 4.69) is 4.99 Å². The van der Waals surface area contributed by atoms with Gasteiger partial charge in [-0.25, -0.2) is 9.59 Å². The van der Waals surface area contributed by atoms with Gasteiger partial charge in [-0.05, 0) is 32.4 Å². The number of aliphatic hydroxyl groups is 1. The minimum atomic E-state index is -0.682. The van der Waals surface area contributed by atoms with Gasteiger partial charge in [-0.3, -0.25) is 4.99 Å². The van der Waals surface area contributed by atoms with Crippen LogP contribution in [0.5, 0.6) is 0 Å². The van der Waals surface area contributed by atoms with E-state index in [0.717, 1.165) is 6.21 Å². The van der Waals surface area contributed by atoms with E-state index in [-0.39, 0.29) is 40.8 Å². The number of aliphatic imine (C=N–C) groups is 1. The minimum absolute atomic E-state index is 0.0824. The molecule has 1 aromatic carbocycles. The van der Waals surface area contributed by atoms with Crippen molar-refractivity contribution in [2.45, 2.75) is 27.2 Å². The molecule has 0 fully saturated rings. The predicted octanol–water partition coefficient (Wildman–Crippen LogP) is 4.00. The highest BCUT2D eigenvalue weighted by atomic mass is 35.5. The van der Waals surface area contributed by atoms with Crippen LogP contribution < -0.4 is 0 Å². The van der Waals surface area contributed by atoms with Crippen LogP contribution >= 0.6 is 11.6 Å². The van der Waals surface area contributed by atoms with Gasteiger partial charge in [0.2, 0.25) is 0 Å². The Bertz CT molecular complexity index is 663. The second-order valence-electron chi connectivity index (χ2n) is 4.75. The van der Waals surface area contributed by atoms with Crippen molar-refractivity contribution in [2.24, 2.45) is 4.99 Å². The number of esters is 2. The van der Waals surface area contributed by atoms with Crippen LogP contribution in [0.3, 0.4) is 0 Å². The summed E-state index contributed by atoms with van der Waals surface area (Å²) in [6.07, 6.45) is 1.82. The minimum Gasteiger partial charge on any atom is -0.512 e. The first kappa shape index (κ1) is 19.7. The Hall–Kier alpha value is -2.34. The summed E-state index contributed by atoms with van der Waals surface area (Å²) in [6.45, 7) is 5.37. The number of rotatable bonds is 7. The van der Waals surface area contributed by atoms with E-state index < -0.39 is 11.9 Å². The molecule has 0 unspecified atom stereocenters. The van der Waals surface area contributed by atoms with Gasteiger partial charge in [0.05, 0.1) is 29.5 Å². The quantitative estimate of drug-likeness (QED) is 0.346. The normalized spacial score (nSPS) is 12.0. The molecular formula is C17H20ClNO5. The molecule has 0 aliphatic carbocycles. The maximum atomic E-state index is 11.9. The van der Waals surface area contributed by atoms with Gasteiger partial charge in [0, 0.05) is 6.21 Å². The van der Waals surface area contributed by atoms with E-state index in [4.69, 9.17) is 21.1 Å². The number of aliphatic hydroxyl groups excluding tert-OH is 1. The molecule has 0 atom stereocenters. The molecule has 0 spiro atoms. The highest BCUT2D eigenvalue weighted by molar-refractivity contribution is 6.36. The average molecular weight is 354 g/mol. The molecule has 0 saturated carbocycles. The van der Waals surface area contributed by atoms with Crippen molar-refractivity contribution in [1.82, 2.24) is 0 Å². The second-order valence-corrected chi connectivity index (χ2v) is 5.13. The second kappa shape index (κ2) is 9.72. The first-order chi connectivity index (χ1) is 11.4. The molecule has 6 nitrogen and oxygen atoms in total. The van der Waals surface area contributed by atoms with Crippen LogP contribution in [-0.4, -0.2) is 36.5 Å². The van der Waals surface area contributed by atoms with Crippen molar-refractivity contribution in [3.8, 4) is 0 Å². The van der Waals surface area contributed by atoms with Crippen molar-refractivity contribution in [2.75, 3.05) is 13.2 Å². The molecule has 0 aliphatic heterocycles. The largest absolute Gasteiger partial charge is 0.512 e. The summed E-state index contributed by atoms with van der Waals surface area (Å²) in [5, 5.41) is 9.72. The van der Waals surface area contributed by atoms with Crippen molar-refractivity contribution in [1.29, 1.82) is 0 Å². The van der Waals surface area contributed by atoms with E-state index >= 15 is 0 Å². The number of ether oxygens (including phenoxy) is 2. The maximum absolute atomic E-state index is 11.9. The van der Waals surface area contributed by atoms with Gasteiger partial charge in [0.1, 0.15) is 11.3 Å². The molecule has 0 radical (unpaired) electrons. The first-order valence-electron chi connectivity index (χ1n) is 7.49. The molecule has 0 saturated heterocycles. The number of nitrogens with zero attached hydrogens (tertiary/aromatic N) is 1.